The van der Waals surface area contributed by atoms with Crippen molar-refractivity contribution in [3.63, 3.8) is 0 Å². The molecule has 2 N–H and O–H groups in total. The smallest absolute Gasteiger partial charge is 0.255 e. The number of nitrogens with one attached hydrogen (secondary N) is 2. The topological polar surface area (TPSA) is 75.3 Å². The van der Waals surface area contributed by atoms with Crippen LogP contribution in [0, 0.1) is 6.92 Å². The summed E-state index contributed by atoms with van der Waals surface area (Å²) in [5.74, 6) is -0.846. The minimum atomic E-state index is -0.335. The van der Waals surface area contributed by atoms with Gasteiger partial charge >= 0.3 is 0 Å². The predicted molar refractivity (Wildman–Crippen MR) is 108 cm³/mol. The van der Waals surface area contributed by atoms with E-state index in [1.807, 2.05) is 19.1 Å². The first-order valence-electron chi connectivity index (χ1n) is 8.92. The third kappa shape index (κ3) is 2.77. The first kappa shape index (κ1) is 17.7. The molecule has 3 aromatic rings. The standard InChI is InChI=1S/C23H18N2O3/c1-13-7-9-14(10-8-13)23(28)25-18-12-11-17(24-2)19-20(18)22(27)16-6-4-3-5-15(16)21(19)26/h3-12,24H,1-2H3,(H,25,28). The van der Waals surface area contributed by atoms with E-state index < -0.39 is 0 Å². The van der Waals surface area contributed by atoms with Crippen molar-refractivity contribution in [2.45, 2.75) is 6.92 Å². The van der Waals surface area contributed by atoms with Crippen LogP contribution in [0.25, 0.3) is 0 Å². The summed E-state index contributed by atoms with van der Waals surface area (Å²) < 4.78 is 0. The molecule has 1 aliphatic rings. The summed E-state index contributed by atoms with van der Waals surface area (Å²) in [5.41, 5.74) is 3.63. The van der Waals surface area contributed by atoms with Crippen molar-refractivity contribution in [1.82, 2.24) is 0 Å². The quantitative estimate of drug-likeness (QED) is 0.570. The number of carbonyl (C=O) groups is 3. The monoisotopic (exact) mass is 370 g/mol. The van der Waals surface area contributed by atoms with Crippen LogP contribution in [0.4, 0.5) is 11.4 Å². The highest BCUT2D eigenvalue weighted by Crippen LogP contribution is 2.36. The summed E-state index contributed by atoms with van der Waals surface area (Å²) in [6.45, 7) is 1.94. The molecular weight excluding hydrogens is 352 g/mol. The number of fused-ring (bicyclic) bond motifs is 2. The zero-order valence-corrected chi connectivity index (χ0v) is 15.5. The number of hydrogen-bond acceptors (Lipinski definition) is 4. The first-order valence-corrected chi connectivity index (χ1v) is 8.92. The van der Waals surface area contributed by atoms with Crippen LogP contribution in [-0.2, 0) is 0 Å². The Labute approximate surface area is 162 Å². The van der Waals surface area contributed by atoms with Gasteiger partial charge in [-0.1, -0.05) is 42.0 Å². The van der Waals surface area contributed by atoms with Gasteiger partial charge in [0.2, 0.25) is 0 Å². The summed E-state index contributed by atoms with van der Waals surface area (Å²) in [7, 11) is 1.69. The van der Waals surface area contributed by atoms with Crippen LogP contribution < -0.4 is 10.6 Å². The fourth-order valence-electron chi connectivity index (χ4n) is 3.43. The molecule has 28 heavy (non-hydrogen) atoms. The van der Waals surface area contributed by atoms with Gasteiger partial charge in [-0.3, -0.25) is 14.4 Å². The van der Waals surface area contributed by atoms with Gasteiger partial charge in [0.15, 0.2) is 11.6 Å². The summed E-state index contributed by atoms with van der Waals surface area (Å²) in [5, 5.41) is 5.77. The maximum Gasteiger partial charge on any atom is 0.255 e. The van der Waals surface area contributed by atoms with Crippen molar-refractivity contribution in [1.29, 1.82) is 0 Å². The molecule has 0 fully saturated rings. The summed E-state index contributed by atoms with van der Waals surface area (Å²) in [6.07, 6.45) is 0. The average Bonchev–Trinajstić information content (AvgIpc) is 2.72. The molecule has 5 heteroatoms. The van der Waals surface area contributed by atoms with E-state index in [2.05, 4.69) is 10.6 Å². The SMILES string of the molecule is CNc1ccc(NC(=O)c2ccc(C)cc2)c2c1C(=O)c1ccccc1C2=O. The Bertz CT molecular complexity index is 1130. The highest BCUT2D eigenvalue weighted by atomic mass is 16.2. The fraction of sp³-hybridized carbons (Fsp3) is 0.0870. The first-order chi connectivity index (χ1) is 13.5. The van der Waals surface area contributed by atoms with Gasteiger partial charge in [-0.05, 0) is 31.2 Å². The van der Waals surface area contributed by atoms with Gasteiger partial charge in [0.1, 0.15) is 0 Å². The Morgan fingerprint density at radius 2 is 1.29 bits per heavy atom. The molecule has 0 unspecified atom stereocenters. The van der Waals surface area contributed by atoms with E-state index in [-0.39, 0.29) is 28.6 Å². The predicted octanol–water partition coefficient (Wildman–Crippen LogP) is 4.06. The van der Waals surface area contributed by atoms with Crippen LogP contribution in [0.1, 0.15) is 47.8 Å². The molecule has 0 heterocycles. The van der Waals surface area contributed by atoms with Crippen molar-refractivity contribution in [3.05, 3.63) is 94.0 Å². The number of ketones is 2. The number of aryl methyl sites for hydroxylation is 1. The molecule has 0 spiro atoms. The molecule has 0 aliphatic heterocycles. The lowest BCUT2D eigenvalue weighted by atomic mass is 9.82. The van der Waals surface area contributed by atoms with E-state index in [1.165, 1.54) is 0 Å². The fourth-order valence-corrected chi connectivity index (χ4v) is 3.43. The van der Waals surface area contributed by atoms with Crippen molar-refractivity contribution < 1.29 is 14.4 Å². The van der Waals surface area contributed by atoms with Gasteiger partial charge in [-0.2, -0.15) is 0 Å². The Morgan fingerprint density at radius 3 is 1.86 bits per heavy atom. The molecule has 0 atom stereocenters. The van der Waals surface area contributed by atoms with E-state index in [4.69, 9.17) is 0 Å². The molecule has 0 saturated heterocycles. The number of hydrogen-bond donors (Lipinski definition) is 2. The second-order valence-electron chi connectivity index (χ2n) is 6.68. The third-order valence-corrected chi connectivity index (χ3v) is 4.91. The Morgan fingerprint density at radius 1 is 0.750 bits per heavy atom. The Balaban J connectivity index is 1.83. The second kappa shape index (κ2) is 6.78. The highest BCUT2D eigenvalue weighted by Gasteiger charge is 2.34. The van der Waals surface area contributed by atoms with Gasteiger partial charge in [-0.25, -0.2) is 0 Å². The average molecular weight is 370 g/mol. The molecule has 4 rings (SSSR count). The molecule has 1 aliphatic carbocycles. The van der Waals surface area contributed by atoms with Crippen LogP contribution >= 0.6 is 0 Å². The van der Waals surface area contributed by atoms with E-state index >= 15 is 0 Å². The minimum Gasteiger partial charge on any atom is -0.388 e. The lowest BCUT2D eigenvalue weighted by molar-refractivity contribution is 0.0979. The lowest BCUT2D eigenvalue weighted by Crippen LogP contribution is -2.25. The van der Waals surface area contributed by atoms with Crippen molar-refractivity contribution in [3.8, 4) is 0 Å². The van der Waals surface area contributed by atoms with E-state index in [0.717, 1.165) is 5.56 Å². The molecule has 5 nitrogen and oxygen atoms in total. The second-order valence-corrected chi connectivity index (χ2v) is 6.68. The lowest BCUT2D eigenvalue weighted by Gasteiger charge is -2.23. The van der Waals surface area contributed by atoms with E-state index in [9.17, 15) is 14.4 Å². The zero-order chi connectivity index (χ0) is 19.8. The molecule has 0 bridgehead atoms. The molecular formula is C23H18N2O3. The Hall–Kier alpha value is -3.73. The van der Waals surface area contributed by atoms with Crippen molar-refractivity contribution >= 4 is 28.8 Å². The van der Waals surface area contributed by atoms with Crippen LogP contribution in [0.3, 0.4) is 0 Å². The largest absolute Gasteiger partial charge is 0.388 e. The van der Waals surface area contributed by atoms with Crippen molar-refractivity contribution in [2.24, 2.45) is 0 Å². The van der Waals surface area contributed by atoms with Gasteiger partial charge < -0.3 is 10.6 Å². The van der Waals surface area contributed by atoms with Gasteiger partial charge in [0, 0.05) is 29.4 Å². The van der Waals surface area contributed by atoms with Crippen LogP contribution in [0.2, 0.25) is 0 Å². The van der Waals surface area contributed by atoms with Crippen molar-refractivity contribution in [2.75, 3.05) is 17.7 Å². The zero-order valence-electron chi connectivity index (χ0n) is 15.5. The Kier molecular flexibility index (Phi) is 4.28. The minimum absolute atomic E-state index is 0.219. The molecule has 0 radical (unpaired) electrons. The van der Waals surface area contributed by atoms with Gasteiger partial charge in [0.05, 0.1) is 16.8 Å². The summed E-state index contributed by atoms with van der Waals surface area (Å²) in [6, 6.07) is 17.2. The summed E-state index contributed by atoms with van der Waals surface area (Å²) in [4.78, 5) is 38.9. The number of amides is 1. The number of anilines is 2. The maximum absolute atomic E-state index is 13.2. The van der Waals surface area contributed by atoms with Crippen LogP contribution in [0.5, 0.6) is 0 Å². The number of carbonyl (C=O) groups excluding carboxylic acids is 3. The van der Waals surface area contributed by atoms with Crippen LogP contribution in [-0.4, -0.2) is 24.5 Å². The molecule has 138 valence electrons. The van der Waals surface area contributed by atoms with E-state index in [1.54, 1.807) is 55.6 Å². The van der Waals surface area contributed by atoms with Gasteiger partial charge in [-0.15, -0.1) is 0 Å². The van der Waals surface area contributed by atoms with Crippen LogP contribution in [0.15, 0.2) is 60.7 Å². The summed E-state index contributed by atoms with van der Waals surface area (Å²) >= 11 is 0. The normalized spacial score (nSPS) is 12.2. The highest BCUT2D eigenvalue weighted by molar-refractivity contribution is 6.32. The maximum atomic E-state index is 13.2. The van der Waals surface area contributed by atoms with Gasteiger partial charge in [0.25, 0.3) is 5.91 Å². The molecule has 3 aromatic carbocycles. The molecule has 0 aromatic heterocycles. The third-order valence-electron chi connectivity index (χ3n) is 4.91. The van der Waals surface area contributed by atoms with E-state index in [0.29, 0.717) is 28.1 Å². The number of rotatable bonds is 3. The number of benzene rings is 3. The molecule has 0 saturated carbocycles. The molecule has 1 amide bonds.